The SMILES string of the molecule is CCC(C)(C)NC(=O)C(C)N1C[C@H]2CNC[C@H]2C1. The number of likely N-dealkylation sites (tertiary alicyclic amines) is 1. The Morgan fingerprint density at radius 2 is 1.94 bits per heavy atom. The highest BCUT2D eigenvalue weighted by Crippen LogP contribution is 2.27. The number of amides is 1. The first-order chi connectivity index (χ1) is 8.43. The predicted octanol–water partition coefficient (Wildman–Crippen LogP) is 0.831. The normalized spacial score (nSPS) is 30.2. The van der Waals surface area contributed by atoms with Crippen LogP contribution in [-0.2, 0) is 4.79 Å². The lowest BCUT2D eigenvalue weighted by molar-refractivity contribution is -0.127. The Bertz CT molecular complexity index is 304. The van der Waals surface area contributed by atoms with Crippen molar-refractivity contribution in [3.63, 3.8) is 0 Å². The quantitative estimate of drug-likeness (QED) is 0.780. The molecule has 0 radical (unpaired) electrons. The van der Waals surface area contributed by atoms with E-state index >= 15 is 0 Å². The average Bonchev–Trinajstić information content (AvgIpc) is 2.87. The molecule has 0 bridgehead atoms. The molecule has 104 valence electrons. The number of hydrogen-bond donors (Lipinski definition) is 2. The van der Waals surface area contributed by atoms with Crippen LogP contribution >= 0.6 is 0 Å². The van der Waals surface area contributed by atoms with E-state index in [1.165, 1.54) is 0 Å². The summed E-state index contributed by atoms with van der Waals surface area (Å²) in [4.78, 5) is 14.6. The first-order valence-electron chi connectivity index (χ1n) is 7.19. The molecule has 1 amide bonds. The van der Waals surface area contributed by atoms with Gasteiger partial charge in [0.15, 0.2) is 0 Å². The van der Waals surface area contributed by atoms with Gasteiger partial charge < -0.3 is 10.6 Å². The van der Waals surface area contributed by atoms with Gasteiger partial charge in [0.1, 0.15) is 0 Å². The Hall–Kier alpha value is -0.610. The summed E-state index contributed by atoms with van der Waals surface area (Å²) in [7, 11) is 0. The molecule has 2 rings (SSSR count). The average molecular weight is 253 g/mol. The fourth-order valence-corrected chi connectivity index (χ4v) is 2.90. The molecule has 3 atom stereocenters. The van der Waals surface area contributed by atoms with E-state index in [0.717, 1.165) is 44.4 Å². The molecular weight excluding hydrogens is 226 g/mol. The van der Waals surface area contributed by atoms with Crippen molar-refractivity contribution >= 4 is 5.91 Å². The van der Waals surface area contributed by atoms with Crippen LogP contribution in [0.4, 0.5) is 0 Å². The summed E-state index contributed by atoms with van der Waals surface area (Å²) in [6.07, 6.45) is 0.959. The van der Waals surface area contributed by atoms with Gasteiger partial charge in [0.05, 0.1) is 6.04 Å². The van der Waals surface area contributed by atoms with Crippen LogP contribution in [0.15, 0.2) is 0 Å². The lowest BCUT2D eigenvalue weighted by Gasteiger charge is -2.30. The summed E-state index contributed by atoms with van der Waals surface area (Å²) >= 11 is 0. The molecule has 4 heteroatoms. The standard InChI is InChI=1S/C14H27N3O/c1-5-14(3,4)16-13(18)10(2)17-8-11-6-15-7-12(11)9-17/h10-12,15H,5-9H2,1-4H3,(H,16,18)/t10?,11-,12+. The Morgan fingerprint density at radius 1 is 1.39 bits per heavy atom. The molecule has 0 aromatic carbocycles. The Labute approximate surface area is 110 Å². The van der Waals surface area contributed by atoms with E-state index in [1.807, 2.05) is 6.92 Å². The molecule has 2 heterocycles. The zero-order chi connectivity index (χ0) is 13.3. The molecule has 2 aliphatic rings. The number of fused-ring (bicyclic) bond motifs is 1. The van der Waals surface area contributed by atoms with Gasteiger partial charge in [0.25, 0.3) is 0 Å². The van der Waals surface area contributed by atoms with Crippen molar-refractivity contribution in [2.45, 2.75) is 45.7 Å². The minimum absolute atomic E-state index is 0.00132. The molecule has 0 aromatic heterocycles. The molecule has 0 aromatic rings. The second-order valence-electron chi connectivity index (χ2n) is 6.53. The fraction of sp³-hybridized carbons (Fsp3) is 0.929. The molecule has 0 aliphatic carbocycles. The van der Waals surface area contributed by atoms with Crippen molar-refractivity contribution in [3.05, 3.63) is 0 Å². The van der Waals surface area contributed by atoms with Crippen LogP contribution in [0.2, 0.25) is 0 Å². The summed E-state index contributed by atoms with van der Waals surface area (Å²) in [5.74, 6) is 1.67. The number of nitrogens with zero attached hydrogens (tertiary/aromatic N) is 1. The lowest BCUT2D eigenvalue weighted by atomic mass is 10.0. The Morgan fingerprint density at radius 3 is 2.44 bits per heavy atom. The van der Waals surface area contributed by atoms with Crippen molar-refractivity contribution in [1.82, 2.24) is 15.5 Å². The number of carbonyl (C=O) groups is 1. The summed E-state index contributed by atoms with van der Waals surface area (Å²) in [5.41, 5.74) is -0.0947. The highest BCUT2D eigenvalue weighted by Gasteiger charge is 2.39. The third kappa shape index (κ3) is 2.86. The summed E-state index contributed by atoms with van der Waals surface area (Å²) in [5, 5.41) is 6.59. The minimum atomic E-state index is -0.0947. The maximum atomic E-state index is 12.3. The van der Waals surface area contributed by atoms with Gasteiger partial charge >= 0.3 is 0 Å². The van der Waals surface area contributed by atoms with Crippen LogP contribution < -0.4 is 10.6 Å². The van der Waals surface area contributed by atoms with Gasteiger partial charge in [-0.1, -0.05) is 6.92 Å². The molecule has 0 saturated carbocycles. The van der Waals surface area contributed by atoms with E-state index in [0.29, 0.717) is 0 Å². The molecule has 4 nitrogen and oxygen atoms in total. The monoisotopic (exact) mass is 253 g/mol. The molecule has 2 N–H and O–H groups in total. The maximum Gasteiger partial charge on any atom is 0.237 e. The van der Waals surface area contributed by atoms with E-state index in [4.69, 9.17) is 0 Å². The maximum absolute atomic E-state index is 12.3. The van der Waals surface area contributed by atoms with E-state index in [-0.39, 0.29) is 17.5 Å². The third-order valence-corrected chi connectivity index (χ3v) is 4.69. The second kappa shape index (κ2) is 5.17. The lowest BCUT2D eigenvalue weighted by Crippen LogP contribution is -2.51. The van der Waals surface area contributed by atoms with Crippen LogP contribution in [0.1, 0.15) is 34.1 Å². The zero-order valence-electron chi connectivity index (χ0n) is 12.1. The fourth-order valence-electron chi connectivity index (χ4n) is 2.90. The molecule has 18 heavy (non-hydrogen) atoms. The third-order valence-electron chi connectivity index (χ3n) is 4.69. The van der Waals surface area contributed by atoms with E-state index in [9.17, 15) is 4.79 Å². The van der Waals surface area contributed by atoms with E-state index < -0.39 is 0 Å². The summed E-state index contributed by atoms with van der Waals surface area (Å²) in [6.45, 7) is 12.7. The molecule has 1 unspecified atom stereocenters. The molecule has 0 spiro atoms. The van der Waals surface area contributed by atoms with Crippen LogP contribution in [0.25, 0.3) is 0 Å². The predicted molar refractivity (Wildman–Crippen MR) is 73.4 cm³/mol. The van der Waals surface area contributed by atoms with Gasteiger partial charge in [0, 0.05) is 18.6 Å². The minimum Gasteiger partial charge on any atom is -0.350 e. The zero-order valence-corrected chi connectivity index (χ0v) is 12.1. The second-order valence-corrected chi connectivity index (χ2v) is 6.53. The van der Waals surface area contributed by atoms with Gasteiger partial charge in [-0.3, -0.25) is 9.69 Å². The van der Waals surface area contributed by atoms with E-state index in [1.54, 1.807) is 0 Å². The van der Waals surface area contributed by atoms with Gasteiger partial charge in [0.2, 0.25) is 5.91 Å². The highest BCUT2D eigenvalue weighted by atomic mass is 16.2. The Kier molecular flexibility index (Phi) is 3.97. The molecule has 2 fully saturated rings. The number of rotatable bonds is 4. The van der Waals surface area contributed by atoms with Crippen LogP contribution in [0.5, 0.6) is 0 Å². The molecule has 2 saturated heterocycles. The first-order valence-corrected chi connectivity index (χ1v) is 7.19. The molecule has 2 aliphatic heterocycles. The topological polar surface area (TPSA) is 44.4 Å². The number of hydrogen-bond acceptors (Lipinski definition) is 3. The van der Waals surface area contributed by atoms with Crippen LogP contribution in [0, 0.1) is 11.8 Å². The summed E-state index contributed by atoms with van der Waals surface area (Å²) in [6, 6.07) is 0.00132. The van der Waals surface area contributed by atoms with Crippen LogP contribution in [-0.4, -0.2) is 48.6 Å². The van der Waals surface area contributed by atoms with Gasteiger partial charge in [-0.25, -0.2) is 0 Å². The van der Waals surface area contributed by atoms with E-state index in [2.05, 4.69) is 36.3 Å². The molecular formula is C14H27N3O. The Balaban J connectivity index is 1.88. The number of nitrogens with one attached hydrogen (secondary N) is 2. The first kappa shape index (κ1) is 13.8. The van der Waals surface area contributed by atoms with Gasteiger partial charge in [-0.15, -0.1) is 0 Å². The smallest absolute Gasteiger partial charge is 0.237 e. The largest absolute Gasteiger partial charge is 0.350 e. The van der Waals surface area contributed by atoms with Gasteiger partial charge in [-0.05, 0) is 52.1 Å². The van der Waals surface area contributed by atoms with Gasteiger partial charge in [-0.2, -0.15) is 0 Å². The summed E-state index contributed by atoms with van der Waals surface area (Å²) < 4.78 is 0. The van der Waals surface area contributed by atoms with Crippen molar-refractivity contribution in [3.8, 4) is 0 Å². The van der Waals surface area contributed by atoms with Crippen molar-refractivity contribution in [2.75, 3.05) is 26.2 Å². The van der Waals surface area contributed by atoms with Crippen LogP contribution in [0.3, 0.4) is 0 Å². The highest BCUT2D eigenvalue weighted by molar-refractivity contribution is 5.82. The van der Waals surface area contributed by atoms with Crippen molar-refractivity contribution < 1.29 is 4.79 Å². The van der Waals surface area contributed by atoms with Crippen molar-refractivity contribution in [1.29, 1.82) is 0 Å². The number of carbonyl (C=O) groups excluding carboxylic acids is 1. The van der Waals surface area contributed by atoms with Crippen molar-refractivity contribution in [2.24, 2.45) is 11.8 Å².